The molecule has 0 radical (unpaired) electrons. The molecule has 0 spiro atoms. The van der Waals surface area contributed by atoms with Crippen LogP contribution >= 0.6 is 0 Å². The predicted octanol–water partition coefficient (Wildman–Crippen LogP) is 3.82. The van der Waals surface area contributed by atoms with Gasteiger partial charge in [0.1, 0.15) is 29.0 Å². The zero-order valence-electron chi connectivity index (χ0n) is 19.6. The molecule has 2 aliphatic rings. The van der Waals surface area contributed by atoms with Crippen molar-refractivity contribution in [3.8, 4) is 22.6 Å². The van der Waals surface area contributed by atoms with E-state index in [9.17, 15) is 0 Å². The highest BCUT2D eigenvalue weighted by molar-refractivity contribution is 6.01. The zero-order valence-corrected chi connectivity index (χ0v) is 19.6. The minimum absolute atomic E-state index is 0.0137. The fourth-order valence-corrected chi connectivity index (χ4v) is 4.95. The largest absolute Gasteiger partial charge is 0.377 e. The number of aryl methyl sites for hydroxylation is 1. The molecule has 2 fully saturated rings. The Labute approximate surface area is 198 Å². The number of hydrogen-bond acceptors (Lipinski definition) is 7. The van der Waals surface area contributed by atoms with Crippen LogP contribution in [0, 0.1) is 0 Å². The Morgan fingerprint density at radius 3 is 2.82 bits per heavy atom. The molecular formula is C25H29N7O2. The quantitative estimate of drug-likeness (QED) is 0.459. The Hall–Kier alpha value is -3.30. The van der Waals surface area contributed by atoms with Crippen LogP contribution in [0.2, 0.25) is 0 Å². The first-order valence-corrected chi connectivity index (χ1v) is 12.0. The van der Waals surface area contributed by atoms with Crippen molar-refractivity contribution in [2.45, 2.75) is 38.5 Å². The lowest BCUT2D eigenvalue weighted by Gasteiger charge is -2.34. The summed E-state index contributed by atoms with van der Waals surface area (Å²) in [4.78, 5) is 12.2. The molecule has 6 rings (SSSR count). The molecule has 4 aromatic heterocycles. The highest BCUT2D eigenvalue weighted by Crippen LogP contribution is 2.35. The van der Waals surface area contributed by atoms with Crippen molar-refractivity contribution in [2.75, 3.05) is 31.3 Å². The Morgan fingerprint density at radius 2 is 2.03 bits per heavy atom. The summed E-state index contributed by atoms with van der Waals surface area (Å²) in [5.74, 6) is 0.920. The van der Waals surface area contributed by atoms with Gasteiger partial charge in [0.2, 0.25) is 0 Å². The lowest BCUT2D eigenvalue weighted by Crippen LogP contribution is -2.44. The van der Waals surface area contributed by atoms with Gasteiger partial charge in [-0.2, -0.15) is 10.2 Å². The van der Waals surface area contributed by atoms with E-state index in [2.05, 4.69) is 23.0 Å². The first-order valence-electron chi connectivity index (χ1n) is 12.0. The first-order chi connectivity index (χ1) is 16.7. The summed E-state index contributed by atoms with van der Waals surface area (Å²) in [6, 6.07) is 8.48. The van der Waals surface area contributed by atoms with Crippen LogP contribution in [0.15, 0.2) is 42.9 Å². The average molecular weight is 460 g/mol. The normalized spacial score (nSPS) is 21.3. The number of anilines is 1. The van der Waals surface area contributed by atoms with E-state index in [1.54, 1.807) is 0 Å². The van der Waals surface area contributed by atoms with Gasteiger partial charge in [-0.05, 0) is 50.5 Å². The Balaban J connectivity index is 1.51. The number of fused-ring (bicyclic) bond motifs is 1. The third-order valence-electron chi connectivity index (χ3n) is 6.77. The number of nitrogens with zero attached hydrogens (tertiary/aromatic N) is 7. The molecule has 9 heteroatoms. The summed E-state index contributed by atoms with van der Waals surface area (Å²) in [6.45, 7) is 5.13. The summed E-state index contributed by atoms with van der Waals surface area (Å²) in [5, 5.41) is 10.3. The van der Waals surface area contributed by atoms with E-state index in [4.69, 9.17) is 24.5 Å². The molecule has 6 heterocycles. The number of morpholine rings is 1. The van der Waals surface area contributed by atoms with Crippen molar-refractivity contribution in [3.63, 3.8) is 0 Å². The molecule has 0 aliphatic carbocycles. The Morgan fingerprint density at radius 1 is 1.09 bits per heavy atom. The van der Waals surface area contributed by atoms with Crippen LogP contribution in [0.25, 0.3) is 33.5 Å². The van der Waals surface area contributed by atoms with Crippen LogP contribution in [0.3, 0.4) is 0 Å². The van der Waals surface area contributed by atoms with E-state index >= 15 is 0 Å². The topological polar surface area (TPSA) is 83.1 Å². The summed E-state index contributed by atoms with van der Waals surface area (Å²) in [6.07, 6.45) is 8.88. The Kier molecular flexibility index (Phi) is 5.50. The molecule has 2 atom stereocenters. The van der Waals surface area contributed by atoms with E-state index in [0.717, 1.165) is 71.8 Å². The SMILES string of the molecule is C[C@@H]1COCCN1c1cc(-c2ccnn2C)c2ccnc(-c3ccn(C4CCCCO4)n3)c2n1. The summed E-state index contributed by atoms with van der Waals surface area (Å²) in [5.41, 5.74) is 4.53. The molecule has 1 unspecified atom stereocenters. The second-order valence-corrected chi connectivity index (χ2v) is 9.04. The van der Waals surface area contributed by atoms with Crippen molar-refractivity contribution in [2.24, 2.45) is 7.05 Å². The van der Waals surface area contributed by atoms with E-state index in [-0.39, 0.29) is 12.3 Å². The third kappa shape index (κ3) is 3.74. The summed E-state index contributed by atoms with van der Waals surface area (Å²) < 4.78 is 15.4. The van der Waals surface area contributed by atoms with Crippen molar-refractivity contribution < 1.29 is 9.47 Å². The molecule has 0 saturated carbocycles. The van der Waals surface area contributed by atoms with Crippen LogP contribution in [-0.4, -0.2) is 61.9 Å². The van der Waals surface area contributed by atoms with E-state index in [0.29, 0.717) is 13.2 Å². The Bertz CT molecular complexity index is 1310. The second kappa shape index (κ2) is 8.81. The van der Waals surface area contributed by atoms with Crippen molar-refractivity contribution in [1.82, 2.24) is 29.5 Å². The van der Waals surface area contributed by atoms with E-state index in [1.807, 2.05) is 53.2 Å². The summed E-state index contributed by atoms with van der Waals surface area (Å²) >= 11 is 0. The zero-order chi connectivity index (χ0) is 23.1. The van der Waals surface area contributed by atoms with Gasteiger partial charge in [0.25, 0.3) is 0 Å². The maximum Gasteiger partial charge on any atom is 0.150 e. The number of pyridine rings is 2. The van der Waals surface area contributed by atoms with Crippen LogP contribution < -0.4 is 4.90 Å². The lowest BCUT2D eigenvalue weighted by molar-refractivity contribution is -0.0393. The average Bonchev–Trinajstić information content (AvgIpc) is 3.53. The number of rotatable bonds is 4. The molecular weight excluding hydrogens is 430 g/mol. The van der Waals surface area contributed by atoms with Gasteiger partial charge in [0.15, 0.2) is 0 Å². The predicted molar refractivity (Wildman–Crippen MR) is 129 cm³/mol. The van der Waals surface area contributed by atoms with E-state index < -0.39 is 0 Å². The molecule has 176 valence electrons. The summed E-state index contributed by atoms with van der Waals surface area (Å²) in [7, 11) is 1.96. The van der Waals surface area contributed by atoms with Gasteiger partial charge >= 0.3 is 0 Å². The number of hydrogen-bond donors (Lipinski definition) is 0. The maximum atomic E-state index is 5.93. The monoisotopic (exact) mass is 459 g/mol. The number of ether oxygens (including phenoxy) is 2. The molecule has 0 bridgehead atoms. The first kappa shape index (κ1) is 21.2. The lowest BCUT2D eigenvalue weighted by atomic mass is 10.0. The van der Waals surface area contributed by atoms with Gasteiger partial charge in [-0.1, -0.05) is 0 Å². The standard InChI is InChI=1S/C25H29N7O2/c1-17-16-33-14-12-31(17)22-15-19(21-7-10-27-30(21)2)18-6-9-26-25(24(18)28-22)20-8-11-32(29-20)23-5-3-4-13-34-23/h6-11,15,17,23H,3-5,12-14,16H2,1-2H3/t17-,23?/m1/s1. The van der Waals surface area contributed by atoms with Crippen LogP contribution in [0.5, 0.6) is 0 Å². The molecule has 0 aromatic carbocycles. The van der Waals surface area contributed by atoms with Gasteiger partial charge in [-0.15, -0.1) is 0 Å². The van der Waals surface area contributed by atoms with Gasteiger partial charge in [-0.3, -0.25) is 9.67 Å². The fourth-order valence-electron chi connectivity index (χ4n) is 4.95. The van der Waals surface area contributed by atoms with Gasteiger partial charge in [0, 0.05) is 49.7 Å². The molecule has 0 N–H and O–H groups in total. The fraction of sp³-hybridized carbons (Fsp3) is 0.440. The number of aromatic nitrogens is 6. The highest BCUT2D eigenvalue weighted by atomic mass is 16.5. The maximum absolute atomic E-state index is 5.93. The molecule has 2 aliphatic heterocycles. The smallest absolute Gasteiger partial charge is 0.150 e. The van der Waals surface area contributed by atoms with Crippen molar-refractivity contribution in [3.05, 3.63) is 42.9 Å². The third-order valence-corrected chi connectivity index (χ3v) is 6.77. The van der Waals surface area contributed by atoms with Gasteiger partial charge in [-0.25, -0.2) is 9.67 Å². The highest BCUT2D eigenvalue weighted by Gasteiger charge is 2.24. The van der Waals surface area contributed by atoms with Gasteiger partial charge < -0.3 is 14.4 Å². The van der Waals surface area contributed by atoms with E-state index in [1.165, 1.54) is 0 Å². The molecule has 0 amide bonds. The molecule has 2 saturated heterocycles. The van der Waals surface area contributed by atoms with Crippen LogP contribution in [0.4, 0.5) is 5.82 Å². The minimum Gasteiger partial charge on any atom is -0.377 e. The minimum atomic E-state index is -0.0137. The molecule has 9 nitrogen and oxygen atoms in total. The van der Waals surface area contributed by atoms with Crippen LogP contribution in [-0.2, 0) is 16.5 Å². The van der Waals surface area contributed by atoms with Crippen LogP contribution in [0.1, 0.15) is 32.4 Å². The van der Waals surface area contributed by atoms with Crippen molar-refractivity contribution >= 4 is 16.7 Å². The molecule has 4 aromatic rings. The van der Waals surface area contributed by atoms with Crippen molar-refractivity contribution in [1.29, 1.82) is 0 Å². The molecule has 34 heavy (non-hydrogen) atoms. The van der Waals surface area contributed by atoms with Gasteiger partial charge in [0.05, 0.1) is 24.9 Å². The second-order valence-electron chi connectivity index (χ2n) is 9.04.